The maximum Gasteiger partial charge on any atom is 0.306 e. The van der Waals surface area contributed by atoms with Gasteiger partial charge in [0.15, 0.2) is 12.4 Å². The van der Waals surface area contributed by atoms with Gasteiger partial charge in [0.1, 0.15) is 6.07 Å². The standard InChI is InChI=1S/C22H19ClN2O4/c23-19-11-18(7-6-17(19)12-24)25-21(27)13-29-22(28)9-8-20(26)16-5-4-14-2-1-3-15(14)10-16/h4-7,10-11H,1-3,8-9,13H2,(H,25,27). The molecule has 0 spiro atoms. The Labute approximate surface area is 173 Å². The SMILES string of the molecule is N#Cc1ccc(NC(=O)COC(=O)CCC(=O)c2ccc3c(c2)CCC3)cc1Cl. The Balaban J connectivity index is 1.42. The summed E-state index contributed by atoms with van der Waals surface area (Å²) in [6, 6.07) is 12.1. The highest BCUT2D eigenvalue weighted by Crippen LogP contribution is 2.23. The number of anilines is 1. The molecule has 0 aliphatic heterocycles. The van der Waals surface area contributed by atoms with Gasteiger partial charge >= 0.3 is 5.97 Å². The Morgan fingerprint density at radius 3 is 2.62 bits per heavy atom. The van der Waals surface area contributed by atoms with Crippen LogP contribution in [-0.2, 0) is 27.2 Å². The molecule has 0 unspecified atom stereocenters. The molecule has 0 bridgehead atoms. The average molecular weight is 411 g/mol. The van der Waals surface area contributed by atoms with E-state index in [1.54, 1.807) is 6.07 Å². The van der Waals surface area contributed by atoms with Crippen molar-refractivity contribution in [2.75, 3.05) is 11.9 Å². The van der Waals surface area contributed by atoms with E-state index in [-0.39, 0.29) is 23.6 Å². The van der Waals surface area contributed by atoms with Crippen molar-refractivity contribution in [2.24, 2.45) is 0 Å². The molecule has 1 aliphatic rings. The van der Waals surface area contributed by atoms with Gasteiger partial charge in [0.2, 0.25) is 0 Å². The van der Waals surface area contributed by atoms with Crippen LogP contribution in [0.25, 0.3) is 0 Å². The highest BCUT2D eigenvalue weighted by Gasteiger charge is 2.16. The summed E-state index contributed by atoms with van der Waals surface area (Å²) < 4.78 is 4.92. The fraction of sp³-hybridized carbons (Fsp3) is 0.273. The number of ketones is 1. The number of ether oxygens (including phenoxy) is 1. The van der Waals surface area contributed by atoms with Crippen LogP contribution in [0.1, 0.15) is 46.3 Å². The molecule has 6 nitrogen and oxygen atoms in total. The minimum atomic E-state index is -0.618. The van der Waals surface area contributed by atoms with Crippen LogP contribution in [0.15, 0.2) is 36.4 Å². The number of carbonyl (C=O) groups is 3. The fourth-order valence-electron chi connectivity index (χ4n) is 3.20. The predicted octanol–water partition coefficient (Wildman–Crippen LogP) is 3.85. The van der Waals surface area contributed by atoms with Gasteiger partial charge in [-0.3, -0.25) is 14.4 Å². The van der Waals surface area contributed by atoms with Gasteiger partial charge in [0.25, 0.3) is 5.91 Å². The zero-order valence-electron chi connectivity index (χ0n) is 15.7. The molecule has 0 radical (unpaired) electrons. The summed E-state index contributed by atoms with van der Waals surface area (Å²) in [5.41, 5.74) is 3.79. The molecular weight excluding hydrogens is 392 g/mol. The number of aryl methyl sites for hydroxylation is 2. The molecule has 1 amide bonds. The number of hydrogen-bond acceptors (Lipinski definition) is 5. The Hall–Kier alpha value is -3.17. The molecule has 1 N–H and O–H groups in total. The van der Waals surface area contributed by atoms with Gasteiger partial charge in [-0.2, -0.15) is 5.26 Å². The van der Waals surface area contributed by atoms with Crippen molar-refractivity contribution < 1.29 is 19.1 Å². The van der Waals surface area contributed by atoms with Gasteiger partial charge in [-0.1, -0.05) is 23.7 Å². The van der Waals surface area contributed by atoms with Crippen LogP contribution >= 0.6 is 11.6 Å². The largest absolute Gasteiger partial charge is 0.456 e. The molecule has 3 rings (SSSR count). The summed E-state index contributed by atoms with van der Waals surface area (Å²) in [5.74, 6) is -1.27. The fourth-order valence-corrected chi connectivity index (χ4v) is 3.43. The number of rotatable bonds is 7. The number of esters is 1. The van der Waals surface area contributed by atoms with Crippen molar-refractivity contribution in [3.8, 4) is 6.07 Å². The second kappa shape index (κ2) is 9.35. The third-order valence-corrected chi connectivity index (χ3v) is 5.03. The van der Waals surface area contributed by atoms with Crippen molar-refractivity contribution in [1.82, 2.24) is 0 Å². The van der Waals surface area contributed by atoms with E-state index in [0.29, 0.717) is 16.8 Å². The minimum Gasteiger partial charge on any atom is -0.456 e. The molecule has 0 heterocycles. The van der Waals surface area contributed by atoms with Crippen molar-refractivity contribution in [2.45, 2.75) is 32.1 Å². The number of amides is 1. The lowest BCUT2D eigenvalue weighted by Gasteiger charge is -2.08. The van der Waals surface area contributed by atoms with Gasteiger partial charge in [0.05, 0.1) is 17.0 Å². The van der Waals surface area contributed by atoms with Gasteiger partial charge in [-0.15, -0.1) is 0 Å². The molecule has 0 saturated carbocycles. The number of halogens is 1. The molecule has 0 aromatic heterocycles. The van der Waals surface area contributed by atoms with E-state index in [9.17, 15) is 14.4 Å². The summed E-state index contributed by atoms with van der Waals surface area (Å²) >= 11 is 5.90. The van der Waals surface area contributed by atoms with Crippen LogP contribution in [0.4, 0.5) is 5.69 Å². The topological polar surface area (TPSA) is 96.3 Å². The highest BCUT2D eigenvalue weighted by molar-refractivity contribution is 6.32. The maximum absolute atomic E-state index is 12.3. The van der Waals surface area contributed by atoms with Crippen LogP contribution < -0.4 is 5.32 Å². The number of carbonyl (C=O) groups excluding carboxylic acids is 3. The Bertz CT molecular complexity index is 1010. The Morgan fingerprint density at radius 1 is 1.07 bits per heavy atom. The van der Waals surface area contributed by atoms with Crippen LogP contribution in [0.5, 0.6) is 0 Å². The average Bonchev–Trinajstić information content (AvgIpc) is 3.18. The first-order valence-corrected chi connectivity index (χ1v) is 9.64. The molecule has 0 fully saturated rings. The van der Waals surface area contributed by atoms with E-state index in [1.807, 2.05) is 18.2 Å². The number of nitrogens with one attached hydrogen (secondary N) is 1. The number of hydrogen-bond donors (Lipinski definition) is 1. The molecule has 0 atom stereocenters. The number of benzene rings is 2. The van der Waals surface area contributed by atoms with Crippen molar-refractivity contribution in [1.29, 1.82) is 5.26 Å². The van der Waals surface area contributed by atoms with Crippen molar-refractivity contribution in [3.05, 3.63) is 63.7 Å². The van der Waals surface area contributed by atoms with E-state index in [4.69, 9.17) is 21.6 Å². The Kier molecular flexibility index (Phi) is 6.63. The first-order valence-electron chi connectivity index (χ1n) is 9.26. The van der Waals surface area contributed by atoms with Gasteiger partial charge in [-0.05, 0) is 54.7 Å². The number of nitrogens with zero attached hydrogens (tertiary/aromatic N) is 1. The molecular formula is C22H19ClN2O4. The summed E-state index contributed by atoms with van der Waals surface area (Å²) in [5, 5.41) is 11.6. The number of fused-ring (bicyclic) bond motifs is 1. The third kappa shape index (κ3) is 5.43. The van der Waals surface area contributed by atoms with Crippen LogP contribution in [0.3, 0.4) is 0 Å². The number of nitriles is 1. The maximum atomic E-state index is 12.3. The lowest BCUT2D eigenvalue weighted by atomic mass is 10.0. The summed E-state index contributed by atoms with van der Waals surface area (Å²) in [4.78, 5) is 36.0. The zero-order chi connectivity index (χ0) is 20.8. The summed E-state index contributed by atoms with van der Waals surface area (Å²) in [6.07, 6.45) is 3.08. The van der Waals surface area contributed by atoms with E-state index in [1.165, 1.54) is 29.3 Å². The Morgan fingerprint density at radius 2 is 1.86 bits per heavy atom. The molecule has 148 valence electrons. The lowest BCUT2D eigenvalue weighted by molar-refractivity contribution is -0.147. The molecule has 7 heteroatoms. The first-order chi connectivity index (χ1) is 14.0. The van der Waals surface area contributed by atoms with Crippen LogP contribution in [-0.4, -0.2) is 24.3 Å². The molecule has 29 heavy (non-hydrogen) atoms. The second-order valence-corrected chi connectivity index (χ2v) is 7.18. The third-order valence-electron chi connectivity index (χ3n) is 4.71. The van der Waals surface area contributed by atoms with Gasteiger partial charge < -0.3 is 10.1 Å². The highest BCUT2D eigenvalue weighted by atomic mass is 35.5. The quantitative estimate of drug-likeness (QED) is 0.552. The predicted molar refractivity (Wildman–Crippen MR) is 108 cm³/mol. The van der Waals surface area contributed by atoms with Crippen molar-refractivity contribution >= 4 is 34.9 Å². The van der Waals surface area contributed by atoms with E-state index >= 15 is 0 Å². The van der Waals surface area contributed by atoms with Crippen LogP contribution in [0, 0.1) is 11.3 Å². The normalized spacial score (nSPS) is 12.0. The van der Waals surface area contributed by atoms with E-state index < -0.39 is 18.5 Å². The van der Waals surface area contributed by atoms with E-state index in [0.717, 1.165) is 19.3 Å². The summed E-state index contributed by atoms with van der Waals surface area (Å²) in [7, 11) is 0. The van der Waals surface area contributed by atoms with Crippen LogP contribution in [0.2, 0.25) is 5.02 Å². The minimum absolute atomic E-state index is 0.0322. The molecule has 2 aromatic rings. The number of Topliss-reactive ketones (excluding diaryl/α,β-unsaturated/α-hetero) is 1. The van der Waals surface area contributed by atoms with Gasteiger partial charge in [0, 0.05) is 17.7 Å². The molecule has 1 aliphatic carbocycles. The second-order valence-electron chi connectivity index (χ2n) is 6.78. The molecule has 2 aromatic carbocycles. The van der Waals surface area contributed by atoms with E-state index in [2.05, 4.69) is 5.32 Å². The molecule has 0 saturated heterocycles. The lowest BCUT2D eigenvalue weighted by Crippen LogP contribution is -2.21. The monoisotopic (exact) mass is 410 g/mol. The zero-order valence-corrected chi connectivity index (χ0v) is 16.4. The smallest absolute Gasteiger partial charge is 0.306 e. The van der Waals surface area contributed by atoms with Gasteiger partial charge in [-0.25, -0.2) is 0 Å². The summed E-state index contributed by atoms with van der Waals surface area (Å²) in [6.45, 7) is -0.469. The first kappa shape index (κ1) is 20.6. The van der Waals surface area contributed by atoms with Crippen molar-refractivity contribution in [3.63, 3.8) is 0 Å².